The molecule has 0 fully saturated rings. The number of carbonyl (C=O) groups excluding carboxylic acids is 2. The van der Waals surface area contributed by atoms with Crippen LogP contribution in [0.4, 0.5) is 5.69 Å². The Balaban J connectivity index is 2.05. The zero-order valence-electron chi connectivity index (χ0n) is 24.3. The van der Waals surface area contributed by atoms with Crippen molar-refractivity contribution in [3.8, 4) is 5.75 Å². The molecule has 1 aromatic heterocycles. The quantitative estimate of drug-likeness (QED) is 0.511. The lowest BCUT2D eigenvalue weighted by Gasteiger charge is -2.10. The van der Waals surface area contributed by atoms with Crippen molar-refractivity contribution in [2.24, 2.45) is 0 Å². The van der Waals surface area contributed by atoms with E-state index in [1.807, 2.05) is 0 Å². The number of hydrogen-bond donors (Lipinski definition) is 2. The summed E-state index contributed by atoms with van der Waals surface area (Å²) in [4.78, 5) is 26.2. The van der Waals surface area contributed by atoms with Crippen molar-refractivity contribution in [3.05, 3.63) is 59.8 Å². The van der Waals surface area contributed by atoms with E-state index in [1.54, 1.807) is 0 Å². The van der Waals surface area contributed by atoms with Crippen LogP contribution in [0.2, 0.25) is 0 Å². The summed E-state index contributed by atoms with van der Waals surface area (Å²) in [6.45, 7) is -9.25. The van der Waals surface area contributed by atoms with Crippen molar-refractivity contribution in [1.82, 2.24) is 9.88 Å². The Hall–Kier alpha value is -3.12. The smallest absolute Gasteiger partial charge is 0.343 e. The SMILES string of the molecule is [2H]C([2H])([2H])N(C([2H])([2H])[2H])C([2H])([2H])C([2H])([2H])c1c[nH]c2cccc(OC(=O)c3ccc(NC(C)=O)cc3)c12. The van der Waals surface area contributed by atoms with Crippen LogP contribution in [0, 0.1) is 0 Å². The lowest BCUT2D eigenvalue weighted by molar-refractivity contribution is -0.114. The van der Waals surface area contributed by atoms with E-state index in [1.165, 1.54) is 49.4 Å². The van der Waals surface area contributed by atoms with Crippen LogP contribution < -0.4 is 10.1 Å². The Bertz CT molecular complexity index is 1300. The van der Waals surface area contributed by atoms with Crippen molar-refractivity contribution in [2.75, 3.05) is 25.8 Å². The Morgan fingerprint density at radius 3 is 2.70 bits per heavy atom. The number of esters is 1. The highest BCUT2D eigenvalue weighted by molar-refractivity contribution is 5.96. The molecule has 0 atom stereocenters. The van der Waals surface area contributed by atoms with Crippen LogP contribution >= 0.6 is 0 Å². The number of fused-ring (bicyclic) bond motifs is 1. The number of aromatic amines is 1. The molecule has 3 aromatic rings. The molecule has 1 amide bonds. The van der Waals surface area contributed by atoms with E-state index in [-0.39, 0.29) is 28.1 Å². The van der Waals surface area contributed by atoms with E-state index in [0.29, 0.717) is 5.69 Å². The van der Waals surface area contributed by atoms with Crippen molar-refractivity contribution in [3.63, 3.8) is 0 Å². The minimum absolute atomic E-state index is 0.0735. The fourth-order valence-corrected chi connectivity index (χ4v) is 2.50. The molecule has 0 radical (unpaired) electrons. The lowest BCUT2D eigenvalue weighted by Crippen LogP contribution is -2.15. The average molecular weight is 375 g/mol. The van der Waals surface area contributed by atoms with Gasteiger partial charge in [0, 0.05) is 49.9 Å². The van der Waals surface area contributed by atoms with Gasteiger partial charge in [0.15, 0.2) is 0 Å². The number of ether oxygens (including phenoxy) is 1. The molecule has 0 aliphatic rings. The van der Waals surface area contributed by atoms with Crippen molar-refractivity contribution in [1.29, 1.82) is 0 Å². The van der Waals surface area contributed by atoms with E-state index >= 15 is 0 Å². The van der Waals surface area contributed by atoms with E-state index in [9.17, 15) is 9.59 Å². The van der Waals surface area contributed by atoms with Gasteiger partial charge in [0.25, 0.3) is 0 Å². The Morgan fingerprint density at radius 1 is 1.22 bits per heavy atom. The summed E-state index contributed by atoms with van der Waals surface area (Å²) in [6.07, 6.45) is -2.14. The Labute approximate surface area is 172 Å². The third-order valence-electron chi connectivity index (χ3n) is 3.61. The maximum atomic E-state index is 12.8. The minimum atomic E-state index is -3.56. The summed E-state index contributed by atoms with van der Waals surface area (Å²) in [5.74, 6) is -1.31. The van der Waals surface area contributed by atoms with Gasteiger partial charge in [-0.15, -0.1) is 0 Å². The van der Waals surface area contributed by atoms with Crippen LogP contribution in [-0.4, -0.2) is 42.2 Å². The zero-order valence-corrected chi connectivity index (χ0v) is 14.3. The van der Waals surface area contributed by atoms with Gasteiger partial charge in [0.1, 0.15) is 5.75 Å². The number of likely N-dealkylation sites (N-methyl/N-ethyl adjacent to an activating group) is 1. The number of amides is 1. The topological polar surface area (TPSA) is 74.4 Å². The van der Waals surface area contributed by atoms with Crippen LogP contribution in [0.1, 0.15) is 36.6 Å². The van der Waals surface area contributed by atoms with E-state index in [0.717, 1.165) is 6.20 Å². The summed E-state index contributed by atoms with van der Waals surface area (Å²) >= 11 is 0. The highest BCUT2D eigenvalue weighted by atomic mass is 16.5. The third kappa shape index (κ3) is 4.54. The van der Waals surface area contributed by atoms with Crippen molar-refractivity contribution >= 4 is 28.5 Å². The van der Waals surface area contributed by atoms with Crippen LogP contribution in [-0.2, 0) is 11.2 Å². The summed E-state index contributed by atoms with van der Waals surface area (Å²) in [5.41, 5.74) is 0.325. The first kappa shape index (κ1) is 9.71. The molecule has 0 aliphatic heterocycles. The number of aryl methyl sites for hydroxylation is 1. The van der Waals surface area contributed by atoms with Crippen molar-refractivity contribution in [2.45, 2.75) is 13.3 Å². The van der Waals surface area contributed by atoms with E-state index in [2.05, 4.69) is 10.3 Å². The lowest BCUT2D eigenvalue weighted by atomic mass is 10.1. The van der Waals surface area contributed by atoms with Gasteiger partial charge >= 0.3 is 5.97 Å². The standard InChI is InChI=1S/C21H23N3O3/c1-14(25)23-17-9-7-15(8-10-17)21(26)27-19-6-4-5-18-20(19)16(13-22-18)11-12-24(2)3/h4-10,13,22H,11-12H2,1-3H3,(H,23,25)/i2D3,3D3,11D2,12D2. The molecule has 0 bridgehead atoms. The number of benzene rings is 2. The molecule has 0 saturated heterocycles. The molecular weight excluding hydrogens is 342 g/mol. The van der Waals surface area contributed by atoms with Gasteiger partial charge in [-0.25, -0.2) is 4.79 Å². The molecular formula is C21H23N3O3. The van der Waals surface area contributed by atoms with Gasteiger partial charge in [0.2, 0.25) is 5.91 Å². The molecule has 2 N–H and O–H groups in total. The molecule has 27 heavy (non-hydrogen) atoms. The maximum absolute atomic E-state index is 12.8. The van der Waals surface area contributed by atoms with E-state index < -0.39 is 43.3 Å². The largest absolute Gasteiger partial charge is 0.422 e. The van der Waals surface area contributed by atoms with Gasteiger partial charge in [-0.05, 0) is 62.3 Å². The number of nitrogens with zero attached hydrogens (tertiary/aromatic N) is 1. The molecule has 1 heterocycles. The zero-order chi connectivity index (χ0) is 28.0. The van der Waals surface area contributed by atoms with Gasteiger partial charge in [-0.2, -0.15) is 0 Å². The third-order valence-corrected chi connectivity index (χ3v) is 3.61. The number of rotatable bonds is 6. The molecule has 140 valence electrons. The van der Waals surface area contributed by atoms with Gasteiger partial charge in [-0.1, -0.05) is 6.07 Å². The fourth-order valence-electron chi connectivity index (χ4n) is 2.50. The normalized spacial score (nSPS) is 18.4. The highest BCUT2D eigenvalue weighted by Crippen LogP contribution is 2.30. The predicted molar refractivity (Wildman–Crippen MR) is 106 cm³/mol. The molecule has 6 nitrogen and oxygen atoms in total. The van der Waals surface area contributed by atoms with Crippen LogP contribution in [0.25, 0.3) is 10.9 Å². The van der Waals surface area contributed by atoms with Crippen molar-refractivity contribution < 1.29 is 28.0 Å². The monoisotopic (exact) mass is 375 g/mol. The first-order chi connectivity index (χ1) is 16.9. The first-order valence-corrected chi connectivity index (χ1v) is 7.88. The molecule has 0 unspecified atom stereocenters. The van der Waals surface area contributed by atoms with Gasteiger partial charge in [0.05, 0.1) is 5.56 Å². The second-order valence-electron chi connectivity index (χ2n) is 5.60. The molecule has 3 rings (SSSR count). The maximum Gasteiger partial charge on any atom is 0.343 e. The summed E-state index contributed by atoms with van der Waals surface area (Å²) < 4.78 is 84.4. The summed E-state index contributed by atoms with van der Waals surface area (Å²) in [5, 5.41) is 2.48. The van der Waals surface area contributed by atoms with Gasteiger partial charge in [-0.3, -0.25) is 4.79 Å². The number of H-pyrrole nitrogens is 1. The highest BCUT2D eigenvalue weighted by Gasteiger charge is 2.14. The first-order valence-electron chi connectivity index (χ1n) is 12.9. The number of anilines is 1. The fraction of sp³-hybridized carbons (Fsp3) is 0.238. The second-order valence-corrected chi connectivity index (χ2v) is 5.60. The molecule has 2 aromatic carbocycles. The second kappa shape index (κ2) is 8.05. The Morgan fingerprint density at radius 2 is 2.00 bits per heavy atom. The number of aromatic nitrogens is 1. The molecule has 0 spiro atoms. The van der Waals surface area contributed by atoms with Crippen LogP contribution in [0.15, 0.2) is 48.7 Å². The van der Waals surface area contributed by atoms with Crippen LogP contribution in [0.5, 0.6) is 5.75 Å². The van der Waals surface area contributed by atoms with Crippen LogP contribution in [0.3, 0.4) is 0 Å². The predicted octanol–water partition coefficient (Wildman–Crippen LogP) is 3.45. The van der Waals surface area contributed by atoms with E-state index in [4.69, 9.17) is 18.4 Å². The molecule has 0 saturated carbocycles. The number of nitrogens with one attached hydrogen (secondary N) is 2. The number of hydrogen-bond acceptors (Lipinski definition) is 4. The molecule has 0 aliphatic carbocycles. The summed E-state index contributed by atoms with van der Waals surface area (Å²) in [6, 6.07) is 10.1. The Kier molecular flexibility index (Phi) is 2.90. The minimum Gasteiger partial charge on any atom is -0.422 e. The summed E-state index contributed by atoms with van der Waals surface area (Å²) in [7, 11) is 0. The number of carbonyl (C=O) groups is 2. The van der Waals surface area contributed by atoms with Gasteiger partial charge < -0.3 is 19.9 Å². The average Bonchev–Trinajstić information content (AvgIpc) is 3.17. The molecule has 6 heteroatoms.